The van der Waals surface area contributed by atoms with Crippen LogP contribution >= 0.6 is 0 Å². The molecule has 6 heteroatoms. The van der Waals surface area contributed by atoms with Gasteiger partial charge in [-0.2, -0.15) is 0 Å². The van der Waals surface area contributed by atoms with Gasteiger partial charge in [0.05, 0.1) is 6.54 Å². The van der Waals surface area contributed by atoms with Crippen molar-refractivity contribution >= 4 is 22.7 Å². The van der Waals surface area contributed by atoms with E-state index in [1.165, 1.54) is 0 Å². The molecular formula is C17H16N4O2. The van der Waals surface area contributed by atoms with E-state index in [9.17, 15) is 9.59 Å². The topological polar surface area (TPSA) is 86.9 Å². The smallest absolute Gasteiger partial charge is 0.251 e. The van der Waals surface area contributed by atoms with Gasteiger partial charge in [-0.1, -0.05) is 0 Å². The molecule has 3 N–H and O–H groups in total. The Morgan fingerprint density at radius 3 is 2.70 bits per heavy atom. The van der Waals surface area contributed by atoms with Gasteiger partial charge in [-0.25, -0.2) is 0 Å². The lowest BCUT2D eigenvalue weighted by molar-refractivity contribution is -0.120. The number of aromatic amines is 1. The molecule has 0 bridgehead atoms. The Morgan fingerprint density at radius 2 is 1.87 bits per heavy atom. The number of nitrogens with zero attached hydrogens (tertiary/aromatic N) is 1. The first kappa shape index (κ1) is 14.8. The SMILES string of the molecule is O=C(CNC(=O)c1ccc2[nH]ccc2c1)NCc1ccncc1. The van der Waals surface area contributed by atoms with Crippen LogP contribution in [0.4, 0.5) is 0 Å². The van der Waals surface area contributed by atoms with E-state index in [4.69, 9.17) is 0 Å². The van der Waals surface area contributed by atoms with Crippen LogP contribution in [-0.2, 0) is 11.3 Å². The Morgan fingerprint density at radius 1 is 1.04 bits per heavy atom. The Kier molecular flexibility index (Phi) is 4.33. The molecule has 0 spiro atoms. The molecule has 2 heterocycles. The van der Waals surface area contributed by atoms with Gasteiger partial charge in [0.2, 0.25) is 5.91 Å². The van der Waals surface area contributed by atoms with Crippen LogP contribution in [0.3, 0.4) is 0 Å². The molecule has 6 nitrogen and oxygen atoms in total. The zero-order valence-corrected chi connectivity index (χ0v) is 12.4. The number of benzene rings is 1. The molecule has 1 aromatic carbocycles. The zero-order chi connectivity index (χ0) is 16.1. The van der Waals surface area contributed by atoms with Gasteiger partial charge in [-0.3, -0.25) is 14.6 Å². The molecule has 116 valence electrons. The molecule has 3 aromatic rings. The third kappa shape index (κ3) is 3.74. The number of fused-ring (bicyclic) bond motifs is 1. The second kappa shape index (κ2) is 6.74. The summed E-state index contributed by atoms with van der Waals surface area (Å²) in [5.74, 6) is -0.509. The van der Waals surface area contributed by atoms with Gasteiger partial charge < -0.3 is 15.6 Å². The lowest BCUT2D eigenvalue weighted by atomic mass is 10.1. The predicted octanol–water partition coefficient (Wildman–Crippen LogP) is 1.61. The van der Waals surface area contributed by atoms with E-state index in [2.05, 4.69) is 20.6 Å². The summed E-state index contributed by atoms with van der Waals surface area (Å²) in [6.45, 7) is 0.349. The average molecular weight is 308 g/mol. The predicted molar refractivity (Wildman–Crippen MR) is 86.7 cm³/mol. The first-order valence-corrected chi connectivity index (χ1v) is 7.23. The maximum Gasteiger partial charge on any atom is 0.251 e. The summed E-state index contributed by atoms with van der Waals surface area (Å²) < 4.78 is 0. The minimum absolute atomic E-state index is 0.0604. The second-order valence-corrected chi connectivity index (χ2v) is 5.09. The van der Waals surface area contributed by atoms with Crippen molar-refractivity contribution in [1.82, 2.24) is 20.6 Å². The van der Waals surface area contributed by atoms with Crippen LogP contribution in [0.5, 0.6) is 0 Å². The van der Waals surface area contributed by atoms with E-state index in [-0.39, 0.29) is 18.4 Å². The minimum Gasteiger partial charge on any atom is -0.361 e. The number of H-pyrrole nitrogens is 1. The van der Waals surface area contributed by atoms with Crippen LogP contribution in [0.2, 0.25) is 0 Å². The fourth-order valence-corrected chi connectivity index (χ4v) is 2.22. The number of rotatable bonds is 5. The molecule has 0 unspecified atom stereocenters. The van der Waals surface area contributed by atoms with Crippen LogP contribution in [-0.4, -0.2) is 28.3 Å². The molecule has 0 fully saturated rings. The largest absolute Gasteiger partial charge is 0.361 e. The molecule has 23 heavy (non-hydrogen) atoms. The highest BCUT2D eigenvalue weighted by Gasteiger charge is 2.09. The van der Waals surface area contributed by atoms with Crippen molar-refractivity contribution in [3.05, 3.63) is 66.1 Å². The molecular weight excluding hydrogens is 292 g/mol. The minimum atomic E-state index is -0.271. The molecule has 0 aliphatic heterocycles. The molecule has 0 radical (unpaired) electrons. The molecule has 2 aromatic heterocycles. The van der Waals surface area contributed by atoms with Crippen molar-refractivity contribution in [2.45, 2.75) is 6.54 Å². The van der Waals surface area contributed by atoms with Gasteiger partial charge in [-0.05, 0) is 42.0 Å². The van der Waals surface area contributed by atoms with E-state index in [1.54, 1.807) is 24.5 Å². The highest BCUT2D eigenvalue weighted by molar-refractivity contribution is 5.99. The quantitative estimate of drug-likeness (QED) is 0.669. The second-order valence-electron chi connectivity index (χ2n) is 5.09. The summed E-state index contributed by atoms with van der Waals surface area (Å²) >= 11 is 0. The molecule has 3 rings (SSSR count). The normalized spacial score (nSPS) is 10.4. The molecule has 0 aliphatic carbocycles. The number of hydrogen-bond donors (Lipinski definition) is 3. The fraction of sp³-hybridized carbons (Fsp3) is 0.118. The van der Waals surface area contributed by atoms with E-state index in [1.807, 2.05) is 30.5 Å². The van der Waals surface area contributed by atoms with Crippen molar-refractivity contribution < 1.29 is 9.59 Å². The van der Waals surface area contributed by atoms with Crippen LogP contribution in [0, 0.1) is 0 Å². The number of pyridine rings is 1. The molecule has 0 aliphatic rings. The van der Waals surface area contributed by atoms with Crippen LogP contribution in [0.1, 0.15) is 15.9 Å². The Balaban J connectivity index is 1.51. The lowest BCUT2D eigenvalue weighted by Crippen LogP contribution is -2.36. The Labute approximate surface area is 132 Å². The summed E-state index contributed by atoms with van der Waals surface area (Å²) in [5, 5.41) is 6.32. The highest BCUT2D eigenvalue weighted by Crippen LogP contribution is 2.14. The van der Waals surface area contributed by atoms with Crippen molar-refractivity contribution in [1.29, 1.82) is 0 Å². The highest BCUT2D eigenvalue weighted by atomic mass is 16.2. The molecule has 2 amide bonds. The average Bonchev–Trinajstić information content (AvgIpc) is 3.06. The van der Waals surface area contributed by atoms with Gasteiger partial charge in [0, 0.05) is 41.6 Å². The lowest BCUT2D eigenvalue weighted by Gasteiger charge is -2.07. The Bertz CT molecular complexity index is 827. The van der Waals surface area contributed by atoms with E-state index in [0.717, 1.165) is 16.5 Å². The monoisotopic (exact) mass is 308 g/mol. The van der Waals surface area contributed by atoms with Crippen LogP contribution < -0.4 is 10.6 Å². The third-order valence-corrected chi connectivity index (χ3v) is 3.46. The molecule has 0 atom stereocenters. The van der Waals surface area contributed by atoms with E-state index >= 15 is 0 Å². The van der Waals surface area contributed by atoms with Gasteiger partial charge in [-0.15, -0.1) is 0 Å². The fourth-order valence-electron chi connectivity index (χ4n) is 2.22. The van der Waals surface area contributed by atoms with Crippen molar-refractivity contribution in [3.8, 4) is 0 Å². The standard InChI is InChI=1S/C17H16N4O2/c22-16(20-10-12-3-6-18-7-4-12)11-21-17(23)14-1-2-15-13(9-14)5-8-19-15/h1-9,19H,10-11H2,(H,20,22)(H,21,23). The third-order valence-electron chi connectivity index (χ3n) is 3.46. The van der Waals surface area contributed by atoms with E-state index in [0.29, 0.717) is 12.1 Å². The van der Waals surface area contributed by atoms with Gasteiger partial charge in [0.1, 0.15) is 0 Å². The van der Waals surface area contributed by atoms with Crippen molar-refractivity contribution in [2.24, 2.45) is 0 Å². The maximum absolute atomic E-state index is 12.1. The number of carbonyl (C=O) groups excluding carboxylic acids is 2. The summed E-state index contributed by atoms with van der Waals surface area (Å²) in [6.07, 6.45) is 5.15. The van der Waals surface area contributed by atoms with Crippen molar-refractivity contribution in [3.63, 3.8) is 0 Å². The molecule has 0 saturated heterocycles. The van der Waals surface area contributed by atoms with Crippen LogP contribution in [0.15, 0.2) is 55.0 Å². The number of amides is 2. The van der Waals surface area contributed by atoms with Crippen molar-refractivity contribution in [2.75, 3.05) is 6.54 Å². The maximum atomic E-state index is 12.1. The first-order valence-electron chi connectivity index (χ1n) is 7.23. The zero-order valence-electron chi connectivity index (χ0n) is 12.4. The van der Waals surface area contributed by atoms with Crippen LogP contribution in [0.25, 0.3) is 10.9 Å². The van der Waals surface area contributed by atoms with Gasteiger partial charge >= 0.3 is 0 Å². The number of hydrogen-bond acceptors (Lipinski definition) is 3. The summed E-state index contributed by atoms with van der Waals surface area (Å²) in [5.41, 5.74) is 2.45. The van der Waals surface area contributed by atoms with Gasteiger partial charge in [0.25, 0.3) is 5.91 Å². The Hall–Kier alpha value is -3.15. The van der Waals surface area contributed by atoms with E-state index < -0.39 is 0 Å². The summed E-state index contributed by atoms with van der Waals surface area (Å²) in [7, 11) is 0. The van der Waals surface area contributed by atoms with Gasteiger partial charge in [0.15, 0.2) is 0 Å². The summed E-state index contributed by atoms with van der Waals surface area (Å²) in [6, 6.07) is 10.9. The number of carbonyl (C=O) groups is 2. The summed E-state index contributed by atoms with van der Waals surface area (Å²) in [4.78, 5) is 30.8. The number of nitrogens with one attached hydrogen (secondary N) is 3. The molecule has 0 saturated carbocycles. The number of aromatic nitrogens is 2. The first-order chi connectivity index (χ1) is 11.2.